The Balaban J connectivity index is 1.79. The number of rotatable bonds is 6. The Labute approximate surface area is 168 Å². The van der Waals surface area contributed by atoms with Gasteiger partial charge in [-0.15, -0.1) is 13.2 Å². The fourth-order valence-corrected chi connectivity index (χ4v) is 2.93. The molecule has 1 aromatic heterocycles. The second-order valence-corrected chi connectivity index (χ2v) is 6.60. The summed E-state index contributed by atoms with van der Waals surface area (Å²) in [7, 11) is 0. The summed E-state index contributed by atoms with van der Waals surface area (Å²) >= 11 is 0. The molecule has 9 heteroatoms. The predicted octanol–water partition coefficient (Wildman–Crippen LogP) is 4.85. The molecule has 30 heavy (non-hydrogen) atoms. The van der Waals surface area contributed by atoms with Crippen LogP contribution >= 0.6 is 0 Å². The number of Topliss-reactive ketones (excluding diaryl/α,β-unsaturated/α-hetero) is 1. The van der Waals surface area contributed by atoms with Gasteiger partial charge < -0.3 is 9.72 Å². The van der Waals surface area contributed by atoms with Gasteiger partial charge in [0.15, 0.2) is 5.78 Å². The van der Waals surface area contributed by atoms with Crippen molar-refractivity contribution in [2.75, 3.05) is 0 Å². The van der Waals surface area contributed by atoms with Crippen LogP contribution in [0, 0.1) is 5.82 Å². The van der Waals surface area contributed by atoms with Gasteiger partial charge in [0.2, 0.25) is 0 Å². The molecule has 3 aromatic rings. The van der Waals surface area contributed by atoms with Crippen LogP contribution in [0.2, 0.25) is 0 Å². The van der Waals surface area contributed by atoms with E-state index in [1.807, 2.05) is 0 Å². The summed E-state index contributed by atoms with van der Waals surface area (Å²) in [6.45, 7) is 1.55. The molecule has 0 amide bonds. The molecule has 1 N–H and O–H groups in total. The molecule has 0 saturated heterocycles. The highest BCUT2D eigenvalue weighted by atomic mass is 19.4. The maximum absolute atomic E-state index is 14.2. The Kier molecular flexibility index (Phi) is 6.00. The Bertz CT molecular complexity index is 1110. The maximum atomic E-state index is 14.2. The van der Waals surface area contributed by atoms with Crippen molar-refractivity contribution < 1.29 is 27.1 Å². The van der Waals surface area contributed by atoms with Crippen molar-refractivity contribution in [3.63, 3.8) is 0 Å². The maximum Gasteiger partial charge on any atom is 0.573 e. The number of nitrogens with zero attached hydrogens (tertiary/aromatic N) is 1. The number of ketones is 1. The van der Waals surface area contributed by atoms with Gasteiger partial charge in [0, 0.05) is 24.1 Å². The molecule has 2 aromatic carbocycles. The van der Waals surface area contributed by atoms with Gasteiger partial charge in [-0.2, -0.15) is 0 Å². The molecule has 1 atom stereocenters. The number of aromatic amines is 1. The summed E-state index contributed by atoms with van der Waals surface area (Å²) in [5.41, 5.74) is 0.0659. The smallest absolute Gasteiger partial charge is 0.406 e. The quantitative estimate of drug-likeness (QED) is 0.457. The van der Waals surface area contributed by atoms with Crippen molar-refractivity contribution in [2.45, 2.75) is 25.6 Å². The molecule has 5 nitrogen and oxygen atoms in total. The molecule has 0 bridgehead atoms. The number of hydrogen-bond donors (Lipinski definition) is 1. The number of benzene rings is 2. The number of hydrogen-bond acceptors (Lipinski definition) is 4. The van der Waals surface area contributed by atoms with Crippen molar-refractivity contribution in [3.8, 4) is 17.1 Å². The van der Waals surface area contributed by atoms with Gasteiger partial charge in [-0.05, 0) is 17.5 Å². The molecule has 0 aliphatic carbocycles. The molecule has 0 radical (unpaired) electrons. The monoisotopic (exact) mass is 420 g/mol. The molecule has 1 heterocycles. The number of carbonyl (C=O) groups excluding carboxylic acids is 1. The van der Waals surface area contributed by atoms with Crippen LogP contribution in [0.1, 0.15) is 35.3 Å². The van der Waals surface area contributed by atoms with Gasteiger partial charge in [-0.1, -0.05) is 43.3 Å². The number of alkyl halides is 3. The van der Waals surface area contributed by atoms with E-state index in [9.17, 15) is 27.2 Å². The minimum atomic E-state index is -4.93. The number of ether oxygens (including phenoxy) is 1. The zero-order valence-corrected chi connectivity index (χ0v) is 15.7. The predicted molar refractivity (Wildman–Crippen MR) is 101 cm³/mol. The highest BCUT2D eigenvalue weighted by Gasteiger charge is 2.31. The summed E-state index contributed by atoms with van der Waals surface area (Å²) in [5.74, 6) is -2.56. The summed E-state index contributed by atoms with van der Waals surface area (Å²) in [4.78, 5) is 31.3. The third kappa shape index (κ3) is 5.31. The van der Waals surface area contributed by atoms with E-state index in [0.717, 1.165) is 18.2 Å². The van der Waals surface area contributed by atoms with E-state index in [-0.39, 0.29) is 23.5 Å². The second-order valence-electron chi connectivity index (χ2n) is 6.60. The highest BCUT2D eigenvalue weighted by molar-refractivity contribution is 5.95. The van der Waals surface area contributed by atoms with Gasteiger partial charge in [-0.25, -0.2) is 9.37 Å². The SMILES string of the molecule is C[C@@H](CC(=O)c1cc(=O)[nH]c(-c2ccccc2)n1)c1ccc(OC(F)(F)F)cc1F. The van der Waals surface area contributed by atoms with E-state index in [2.05, 4.69) is 14.7 Å². The minimum absolute atomic E-state index is 0.0472. The van der Waals surface area contributed by atoms with Crippen molar-refractivity contribution in [1.29, 1.82) is 0 Å². The van der Waals surface area contributed by atoms with Crippen molar-refractivity contribution in [2.24, 2.45) is 0 Å². The standard InChI is InChI=1S/C21H16F4N2O3/c1-12(15-8-7-14(10-16(15)22)30-21(23,24)25)9-18(28)17-11-19(29)27-20(26-17)13-5-3-2-4-6-13/h2-8,10-12H,9H2,1H3,(H,26,27,29)/t12-/m0/s1. The van der Waals surface area contributed by atoms with Gasteiger partial charge >= 0.3 is 6.36 Å². The van der Waals surface area contributed by atoms with Gasteiger partial charge in [-0.3, -0.25) is 9.59 Å². The fourth-order valence-electron chi connectivity index (χ4n) is 2.93. The summed E-state index contributed by atoms with van der Waals surface area (Å²) in [6.07, 6.45) is -5.13. The first-order valence-corrected chi connectivity index (χ1v) is 8.87. The molecular weight excluding hydrogens is 404 g/mol. The lowest BCUT2D eigenvalue weighted by Gasteiger charge is -2.14. The van der Waals surface area contributed by atoms with E-state index in [4.69, 9.17) is 0 Å². The number of H-pyrrole nitrogens is 1. The first-order chi connectivity index (χ1) is 14.1. The van der Waals surface area contributed by atoms with Crippen LogP contribution in [0.4, 0.5) is 17.6 Å². The van der Waals surface area contributed by atoms with Gasteiger partial charge in [0.25, 0.3) is 5.56 Å². The third-order valence-corrected chi connectivity index (χ3v) is 4.30. The molecule has 0 saturated carbocycles. The summed E-state index contributed by atoms with van der Waals surface area (Å²) in [6, 6.07) is 12.5. The largest absolute Gasteiger partial charge is 0.573 e. The van der Waals surface area contributed by atoms with Crippen LogP contribution in [0.5, 0.6) is 5.75 Å². The van der Waals surface area contributed by atoms with E-state index >= 15 is 0 Å². The molecule has 0 unspecified atom stereocenters. The Morgan fingerprint density at radius 3 is 2.47 bits per heavy atom. The molecule has 3 rings (SSSR count). The van der Waals surface area contributed by atoms with Crippen LogP contribution in [0.15, 0.2) is 59.4 Å². The fraction of sp³-hybridized carbons (Fsp3) is 0.190. The minimum Gasteiger partial charge on any atom is -0.406 e. The molecule has 0 aliphatic rings. The number of aromatic nitrogens is 2. The number of halogens is 4. The Hall–Kier alpha value is -3.49. The molecule has 0 fully saturated rings. The Morgan fingerprint density at radius 2 is 1.83 bits per heavy atom. The normalized spacial score (nSPS) is 12.4. The molecule has 156 valence electrons. The summed E-state index contributed by atoms with van der Waals surface area (Å²) < 4.78 is 54.7. The lowest BCUT2D eigenvalue weighted by Crippen LogP contribution is -2.17. The lowest BCUT2D eigenvalue weighted by atomic mass is 9.94. The van der Waals surface area contributed by atoms with E-state index in [1.54, 1.807) is 37.3 Å². The van der Waals surface area contributed by atoms with Gasteiger partial charge in [0.1, 0.15) is 23.1 Å². The van der Waals surface area contributed by atoms with Crippen LogP contribution in [-0.2, 0) is 0 Å². The number of carbonyl (C=O) groups is 1. The van der Waals surface area contributed by atoms with Crippen molar-refractivity contribution in [1.82, 2.24) is 9.97 Å². The molecular formula is C21H16F4N2O3. The molecule has 0 spiro atoms. The van der Waals surface area contributed by atoms with E-state index in [0.29, 0.717) is 11.6 Å². The topological polar surface area (TPSA) is 72.0 Å². The third-order valence-electron chi connectivity index (χ3n) is 4.30. The lowest BCUT2D eigenvalue weighted by molar-refractivity contribution is -0.274. The highest BCUT2D eigenvalue weighted by Crippen LogP contribution is 2.29. The average Bonchev–Trinajstić information content (AvgIpc) is 2.67. The molecule has 0 aliphatic heterocycles. The Morgan fingerprint density at radius 1 is 1.13 bits per heavy atom. The van der Waals surface area contributed by atoms with Gasteiger partial charge in [0.05, 0.1) is 0 Å². The van der Waals surface area contributed by atoms with Crippen LogP contribution < -0.4 is 10.3 Å². The first kappa shape index (κ1) is 21.2. The van der Waals surface area contributed by atoms with Crippen molar-refractivity contribution in [3.05, 3.63) is 82.0 Å². The second kappa shape index (κ2) is 8.48. The first-order valence-electron chi connectivity index (χ1n) is 8.87. The van der Waals surface area contributed by atoms with Crippen LogP contribution in [0.3, 0.4) is 0 Å². The number of nitrogens with one attached hydrogen (secondary N) is 1. The van der Waals surface area contributed by atoms with Crippen LogP contribution in [0.25, 0.3) is 11.4 Å². The zero-order valence-electron chi connectivity index (χ0n) is 15.7. The van der Waals surface area contributed by atoms with Crippen molar-refractivity contribution >= 4 is 5.78 Å². The van der Waals surface area contributed by atoms with E-state index < -0.39 is 35.2 Å². The van der Waals surface area contributed by atoms with Crippen LogP contribution in [-0.4, -0.2) is 22.1 Å². The summed E-state index contributed by atoms with van der Waals surface area (Å²) in [5, 5.41) is 0. The average molecular weight is 420 g/mol. The zero-order chi connectivity index (χ0) is 21.9. The van der Waals surface area contributed by atoms with E-state index in [1.165, 1.54) is 0 Å².